The molecule has 0 bridgehead atoms. The largest absolute Gasteiger partial charge is 0.493 e. The van der Waals surface area contributed by atoms with Gasteiger partial charge in [-0.3, -0.25) is 0 Å². The Morgan fingerprint density at radius 2 is 1.72 bits per heavy atom. The van der Waals surface area contributed by atoms with Crippen molar-refractivity contribution in [3.63, 3.8) is 0 Å². The Bertz CT molecular complexity index is 717. The highest BCUT2D eigenvalue weighted by Gasteiger charge is 2.16. The molecule has 25 heavy (non-hydrogen) atoms. The zero-order valence-electron chi connectivity index (χ0n) is 15.2. The molecule has 0 saturated heterocycles. The molecule has 0 atom stereocenters. The maximum atomic E-state index is 6.44. The quantitative estimate of drug-likeness (QED) is 0.620. The molecule has 0 unspecified atom stereocenters. The van der Waals surface area contributed by atoms with Crippen LogP contribution in [0.1, 0.15) is 38.3 Å². The first-order chi connectivity index (χ1) is 11.9. The normalized spacial score (nSPS) is 11.4. The van der Waals surface area contributed by atoms with Crippen molar-refractivity contribution in [3.05, 3.63) is 57.6 Å². The number of nitrogens with one attached hydrogen (secondary N) is 1. The number of hydrogen-bond donors (Lipinski definition) is 1. The lowest BCUT2D eigenvalue weighted by Crippen LogP contribution is -2.37. The highest BCUT2D eigenvalue weighted by molar-refractivity contribution is 6.31. The van der Waals surface area contributed by atoms with E-state index in [4.69, 9.17) is 32.7 Å². The highest BCUT2D eigenvalue weighted by Crippen LogP contribution is 2.34. The lowest BCUT2D eigenvalue weighted by Gasteiger charge is -2.25. The van der Waals surface area contributed by atoms with Gasteiger partial charge >= 0.3 is 0 Å². The molecule has 0 aromatic heterocycles. The first kappa shape index (κ1) is 19.9. The van der Waals surface area contributed by atoms with Crippen LogP contribution in [0.25, 0.3) is 0 Å². The third kappa shape index (κ3) is 5.53. The standard InChI is InChI=1S/C20H25Cl2NO2/c1-5-20(2,3)23-12-15-10-18(24-4)19(11-17(15)22)25-13-14-8-6-7-9-16(14)21/h6-11,23H,5,12-13H2,1-4H3. The minimum Gasteiger partial charge on any atom is -0.493 e. The summed E-state index contributed by atoms with van der Waals surface area (Å²) < 4.78 is 11.4. The molecule has 0 aliphatic rings. The number of methoxy groups -OCH3 is 1. The van der Waals surface area contributed by atoms with Crippen LogP contribution in [0.4, 0.5) is 0 Å². The van der Waals surface area contributed by atoms with Crippen molar-refractivity contribution in [2.45, 2.75) is 45.9 Å². The maximum absolute atomic E-state index is 6.44. The molecule has 0 aliphatic carbocycles. The molecule has 2 aromatic rings. The van der Waals surface area contributed by atoms with Crippen LogP contribution in [0.15, 0.2) is 36.4 Å². The van der Waals surface area contributed by atoms with Gasteiger partial charge in [-0.25, -0.2) is 0 Å². The van der Waals surface area contributed by atoms with Crippen molar-refractivity contribution in [1.29, 1.82) is 0 Å². The molecule has 0 aliphatic heterocycles. The summed E-state index contributed by atoms with van der Waals surface area (Å²) in [7, 11) is 1.62. The summed E-state index contributed by atoms with van der Waals surface area (Å²) in [4.78, 5) is 0. The van der Waals surface area contributed by atoms with Gasteiger partial charge in [0.05, 0.1) is 7.11 Å². The summed E-state index contributed by atoms with van der Waals surface area (Å²) >= 11 is 12.6. The zero-order valence-corrected chi connectivity index (χ0v) is 16.7. The average Bonchev–Trinajstić information content (AvgIpc) is 2.60. The van der Waals surface area contributed by atoms with E-state index in [-0.39, 0.29) is 5.54 Å². The fourth-order valence-corrected chi connectivity index (χ4v) is 2.63. The van der Waals surface area contributed by atoms with Gasteiger partial charge in [-0.15, -0.1) is 0 Å². The van der Waals surface area contributed by atoms with E-state index < -0.39 is 0 Å². The second kappa shape index (κ2) is 8.79. The van der Waals surface area contributed by atoms with Crippen LogP contribution >= 0.6 is 23.2 Å². The Hall–Kier alpha value is -1.42. The van der Waals surface area contributed by atoms with Crippen LogP contribution < -0.4 is 14.8 Å². The molecule has 5 heteroatoms. The van der Waals surface area contributed by atoms with Gasteiger partial charge in [0.1, 0.15) is 6.61 Å². The Morgan fingerprint density at radius 1 is 1.00 bits per heavy atom. The van der Waals surface area contributed by atoms with Gasteiger partial charge in [-0.2, -0.15) is 0 Å². The molecule has 1 N–H and O–H groups in total. The lowest BCUT2D eigenvalue weighted by atomic mass is 10.0. The van der Waals surface area contributed by atoms with Crippen molar-refractivity contribution in [3.8, 4) is 11.5 Å². The Kier molecular flexibility index (Phi) is 7.00. The molecule has 0 saturated carbocycles. The van der Waals surface area contributed by atoms with E-state index in [0.29, 0.717) is 34.7 Å². The van der Waals surface area contributed by atoms with Crippen molar-refractivity contribution in [2.24, 2.45) is 0 Å². The van der Waals surface area contributed by atoms with E-state index >= 15 is 0 Å². The molecule has 0 fully saturated rings. The van der Waals surface area contributed by atoms with Crippen LogP contribution in [-0.4, -0.2) is 12.6 Å². The van der Waals surface area contributed by atoms with E-state index in [1.807, 2.05) is 30.3 Å². The molecule has 0 radical (unpaired) electrons. The summed E-state index contributed by atoms with van der Waals surface area (Å²) in [5.41, 5.74) is 1.94. The molecule has 0 heterocycles. The molecular formula is C20H25Cl2NO2. The third-order valence-electron chi connectivity index (χ3n) is 4.31. The molecule has 2 rings (SSSR count). The van der Waals surface area contributed by atoms with Crippen LogP contribution in [0.5, 0.6) is 11.5 Å². The van der Waals surface area contributed by atoms with Gasteiger partial charge in [0.2, 0.25) is 0 Å². The minimum absolute atomic E-state index is 0.0514. The van der Waals surface area contributed by atoms with Crippen molar-refractivity contribution in [1.82, 2.24) is 5.32 Å². The van der Waals surface area contributed by atoms with E-state index in [9.17, 15) is 0 Å². The van der Waals surface area contributed by atoms with Crippen molar-refractivity contribution < 1.29 is 9.47 Å². The van der Waals surface area contributed by atoms with Crippen LogP contribution in [0.2, 0.25) is 10.0 Å². The minimum atomic E-state index is 0.0514. The van der Waals surface area contributed by atoms with Crippen LogP contribution in [-0.2, 0) is 13.2 Å². The summed E-state index contributed by atoms with van der Waals surface area (Å²) in [6, 6.07) is 11.3. The SMILES string of the molecule is CCC(C)(C)NCc1cc(OC)c(OCc2ccccc2Cl)cc1Cl. The van der Waals surface area contributed by atoms with Gasteiger partial charge in [0, 0.05) is 33.8 Å². The van der Waals surface area contributed by atoms with Gasteiger partial charge in [-0.05, 0) is 38.0 Å². The third-order valence-corrected chi connectivity index (χ3v) is 5.04. The maximum Gasteiger partial charge on any atom is 0.163 e. The van der Waals surface area contributed by atoms with Crippen LogP contribution in [0, 0.1) is 0 Å². The summed E-state index contributed by atoms with van der Waals surface area (Å²) in [6.07, 6.45) is 1.03. The van der Waals surface area contributed by atoms with E-state index in [0.717, 1.165) is 17.5 Å². The van der Waals surface area contributed by atoms with Gasteiger partial charge in [0.25, 0.3) is 0 Å². The van der Waals surface area contributed by atoms with Gasteiger partial charge in [-0.1, -0.05) is 48.3 Å². The fraction of sp³-hybridized carbons (Fsp3) is 0.400. The number of ether oxygens (including phenoxy) is 2. The molecule has 2 aromatic carbocycles. The smallest absolute Gasteiger partial charge is 0.163 e. The van der Waals surface area contributed by atoms with Crippen molar-refractivity contribution in [2.75, 3.05) is 7.11 Å². The Balaban J connectivity index is 2.14. The summed E-state index contributed by atoms with van der Waals surface area (Å²) in [5, 5.41) is 4.83. The molecule has 3 nitrogen and oxygen atoms in total. The molecule has 0 spiro atoms. The molecule has 136 valence electrons. The number of rotatable bonds is 8. The highest BCUT2D eigenvalue weighted by atomic mass is 35.5. The predicted octanol–water partition coefficient (Wildman–Crippen LogP) is 5.86. The number of hydrogen-bond acceptors (Lipinski definition) is 3. The first-order valence-electron chi connectivity index (χ1n) is 8.34. The lowest BCUT2D eigenvalue weighted by molar-refractivity contribution is 0.284. The fourth-order valence-electron chi connectivity index (χ4n) is 2.22. The first-order valence-corrected chi connectivity index (χ1v) is 9.09. The van der Waals surface area contributed by atoms with Gasteiger partial charge in [0.15, 0.2) is 11.5 Å². The Labute approximate surface area is 160 Å². The Morgan fingerprint density at radius 3 is 2.36 bits per heavy atom. The second-order valence-electron chi connectivity index (χ2n) is 6.57. The van der Waals surface area contributed by atoms with E-state index in [1.54, 1.807) is 13.2 Å². The summed E-state index contributed by atoms with van der Waals surface area (Å²) in [5.74, 6) is 1.26. The average molecular weight is 382 g/mol. The van der Waals surface area contributed by atoms with Crippen molar-refractivity contribution >= 4 is 23.2 Å². The zero-order chi connectivity index (χ0) is 18.4. The molecular weight excluding hydrogens is 357 g/mol. The van der Waals surface area contributed by atoms with Gasteiger partial charge < -0.3 is 14.8 Å². The second-order valence-corrected chi connectivity index (χ2v) is 7.38. The molecule has 0 amide bonds. The predicted molar refractivity (Wildman–Crippen MR) is 105 cm³/mol. The van der Waals surface area contributed by atoms with E-state index in [1.165, 1.54) is 0 Å². The number of benzene rings is 2. The number of halogens is 2. The summed E-state index contributed by atoms with van der Waals surface area (Å²) in [6.45, 7) is 7.51. The topological polar surface area (TPSA) is 30.5 Å². The monoisotopic (exact) mass is 381 g/mol. The van der Waals surface area contributed by atoms with E-state index in [2.05, 4.69) is 26.1 Å². The van der Waals surface area contributed by atoms with Crippen LogP contribution in [0.3, 0.4) is 0 Å².